The average Bonchev–Trinajstić information content (AvgIpc) is 3.10. The maximum absolute atomic E-state index is 12.6. The molecule has 0 aliphatic heterocycles. The van der Waals surface area contributed by atoms with Crippen LogP contribution in [-0.4, -0.2) is 60.5 Å². The van der Waals surface area contributed by atoms with Gasteiger partial charge in [-0.3, -0.25) is 18.6 Å². The van der Waals surface area contributed by atoms with Crippen LogP contribution < -0.4 is 5.73 Å². The molecule has 0 heterocycles. The second kappa shape index (κ2) is 36.5. The molecule has 0 aromatic rings. The number of carbonyl (C=O) groups is 2. The zero-order valence-electron chi connectivity index (χ0n) is 32.2. The summed E-state index contributed by atoms with van der Waals surface area (Å²) in [6, 6.07) is -1.48. The molecule has 0 aromatic heterocycles. The molecule has 0 radical (unpaired) electrons. The van der Waals surface area contributed by atoms with Crippen molar-refractivity contribution in [2.75, 3.05) is 26.4 Å². The second-order valence-electron chi connectivity index (χ2n) is 13.4. The molecule has 0 bridgehead atoms. The molecule has 3 atom stereocenters. The van der Waals surface area contributed by atoms with Gasteiger partial charge in [0.25, 0.3) is 0 Å². The first kappa shape index (κ1) is 49.2. The van der Waals surface area contributed by atoms with Crippen molar-refractivity contribution < 1.29 is 42.7 Å². The van der Waals surface area contributed by atoms with Gasteiger partial charge in [0.15, 0.2) is 0 Å². The zero-order valence-corrected chi connectivity index (χ0v) is 33.1. The highest BCUT2D eigenvalue weighted by Crippen LogP contribution is 2.43. The topological polar surface area (TPSA) is 155 Å². The van der Waals surface area contributed by atoms with Crippen LogP contribution in [0.15, 0.2) is 36.5 Å². The van der Waals surface area contributed by atoms with Gasteiger partial charge in [-0.2, -0.15) is 0 Å². The van der Waals surface area contributed by atoms with Crippen molar-refractivity contribution in [1.29, 1.82) is 0 Å². The van der Waals surface area contributed by atoms with E-state index in [2.05, 4.69) is 50.3 Å². The van der Waals surface area contributed by atoms with E-state index < -0.39 is 45.1 Å². The molecule has 0 spiro atoms. The van der Waals surface area contributed by atoms with Gasteiger partial charge in [-0.15, -0.1) is 0 Å². The number of hydrogen-bond acceptors (Lipinski definition) is 8. The number of phosphoric acid groups is 1. The van der Waals surface area contributed by atoms with E-state index in [1.807, 2.05) is 0 Å². The van der Waals surface area contributed by atoms with Crippen molar-refractivity contribution in [3.05, 3.63) is 36.5 Å². The molecule has 0 amide bonds. The van der Waals surface area contributed by atoms with Gasteiger partial charge in [-0.05, 0) is 64.2 Å². The molecule has 0 aliphatic carbocycles. The third-order valence-corrected chi connectivity index (χ3v) is 9.32. The molecule has 3 unspecified atom stereocenters. The van der Waals surface area contributed by atoms with Crippen LogP contribution in [0.25, 0.3) is 0 Å². The Balaban J connectivity index is 4.30. The number of hydrogen-bond donors (Lipinski definition) is 3. The van der Waals surface area contributed by atoms with Gasteiger partial charge in [0.1, 0.15) is 12.1 Å². The van der Waals surface area contributed by atoms with E-state index in [0.29, 0.717) is 13.0 Å². The number of phosphoric ester groups is 1. The van der Waals surface area contributed by atoms with E-state index in [4.69, 9.17) is 29.4 Å². The summed E-state index contributed by atoms with van der Waals surface area (Å²) in [5, 5.41) is 8.87. The Labute approximate surface area is 310 Å². The molecule has 10 nitrogen and oxygen atoms in total. The lowest BCUT2D eigenvalue weighted by atomic mass is 10.1. The zero-order chi connectivity index (χ0) is 37.7. The number of nitrogens with two attached hydrogens (primary N) is 1. The fourth-order valence-corrected chi connectivity index (χ4v) is 6.00. The summed E-state index contributed by atoms with van der Waals surface area (Å²) in [6.07, 6.45) is 39.1. The first-order valence-electron chi connectivity index (χ1n) is 20.0. The first-order chi connectivity index (χ1) is 24.7. The number of carbonyl (C=O) groups excluding carboxylic acids is 1. The summed E-state index contributed by atoms with van der Waals surface area (Å²) in [4.78, 5) is 33.4. The number of rotatable bonds is 38. The number of unbranched alkanes of at least 4 members (excludes halogenated alkanes) is 18. The lowest BCUT2D eigenvalue weighted by molar-refractivity contribution is -0.154. The van der Waals surface area contributed by atoms with Crippen LogP contribution in [-0.2, 0) is 32.7 Å². The molecule has 0 aromatic carbocycles. The Kier molecular flexibility index (Phi) is 35.2. The maximum atomic E-state index is 12.6. The van der Waals surface area contributed by atoms with Crippen LogP contribution in [0.4, 0.5) is 0 Å². The standard InChI is InChI=1S/C40H74NO9P/c1-3-5-7-9-11-13-15-17-18-19-21-23-25-27-29-31-33-47-34-37(35-48-51(45,46)49-36-38(41)40(43)44)50-39(42)32-30-28-26-24-22-20-16-14-12-10-8-6-4-2/h8,10,14,16-18,37-38H,3-7,9,11-13,15,19-36,41H2,1-2H3,(H,43,44)(H,45,46)/b10-8-,16-14-,18-17-. The normalized spacial score (nSPS) is 14.4. The fourth-order valence-electron chi connectivity index (χ4n) is 5.22. The number of esters is 1. The van der Waals surface area contributed by atoms with Crippen LogP contribution in [0.3, 0.4) is 0 Å². The maximum Gasteiger partial charge on any atom is 0.472 e. The third-order valence-electron chi connectivity index (χ3n) is 8.37. The number of allylic oxidation sites excluding steroid dienone is 6. The number of aliphatic carboxylic acids is 1. The van der Waals surface area contributed by atoms with Crippen LogP contribution in [0, 0.1) is 0 Å². The summed E-state index contributed by atoms with van der Waals surface area (Å²) in [5.74, 6) is -1.80. The molecule has 0 fully saturated rings. The van der Waals surface area contributed by atoms with Gasteiger partial charge >= 0.3 is 19.8 Å². The molecule has 51 heavy (non-hydrogen) atoms. The molecule has 0 rings (SSSR count). The summed E-state index contributed by atoms with van der Waals surface area (Å²) in [7, 11) is -4.62. The van der Waals surface area contributed by atoms with Crippen LogP contribution in [0.5, 0.6) is 0 Å². The van der Waals surface area contributed by atoms with Crippen LogP contribution in [0.1, 0.15) is 168 Å². The molecular weight excluding hydrogens is 669 g/mol. The van der Waals surface area contributed by atoms with Gasteiger partial charge in [-0.25, -0.2) is 4.57 Å². The third kappa shape index (κ3) is 36.3. The monoisotopic (exact) mass is 744 g/mol. The first-order valence-corrected chi connectivity index (χ1v) is 21.5. The van der Waals surface area contributed by atoms with Crippen molar-refractivity contribution in [2.45, 2.75) is 180 Å². The Morgan fingerprint density at radius 3 is 1.69 bits per heavy atom. The predicted molar refractivity (Wildman–Crippen MR) is 208 cm³/mol. The fraction of sp³-hybridized carbons (Fsp3) is 0.800. The van der Waals surface area contributed by atoms with Gasteiger partial charge in [0.05, 0.1) is 19.8 Å². The Morgan fingerprint density at radius 2 is 1.12 bits per heavy atom. The lowest BCUT2D eigenvalue weighted by Gasteiger charge is -2.20. The number of carboxylic acids is 1. The molecular formula is C40H74NO9P. The van der Waals surface area contributed by atoms with Gasteiger partial charge in [0.2, 0.25) is 0 Å². The summed E-state index contributed by atoms with van der Waals surface area (Å²) < 4.78 is 33.2. The Morgan fingerprint density at radius 1 is 0.627 bits per heavy atom. The van der Waals surface area contributed by atoms with Crippen molar-refractivity contribution in [3.63, 3.8) is 0 Å². The Hall–Kier alpha value is -1.81. The molecule has 298 valence electrons. The van der Waals surface area contributed by atoms with E-state index in [-0.39, 0.29) is 13.0 Å². The van der Waals surface area contributed by atoms with E-state index in [1.54, 1.807) is 0 Å². The van der Waals surface area contributed by atoms with Crippen molar-refractivity contribution >= 4 is 19.8 Å². The largest absolute Gasteiger partial charge is 0.480 e. The average molecular weight is 744 g/mol. The summed E-state index contributed by atoms with van der Waals surface area (Å²) in [6.45, 7) is 3.77. The van der Waals surface area contributed by atoms with E-state index in [0.717, 1.165) is 70.6 Å². The molecule has 0 saturated heterocycles. The van der Waals surface area contributed by atoms with Crippen LogP contribution >= 0.6 is 7.82 Å². The van der Waals surface area contributed by atoms with Crippen molar-refractivity contribution in [3.8, 4) is 0 Å². The minimum absolute atomic E-state index is 0.00731. The van der Waals surface area contributed by atoms with Gasteiger partial charge < -0.3 is 25.2 Å². The van der Waals surface area contributed by atoms with Crippen molar-refractivity contribution in [2.24, 2.45) is 5.73 Å². The Bertz CT molecular complexity index is 956. The van der Waals surface area contributed by atoms with E-state index in [9.17, 15) is 19.0 Å². The summed E-state index contributed by atoms with van der Waals surface area (Å²) >= 11 is 0. The SMILES string of the molecule is CCC/C=C\C/C=C\CCCCCCCC(=O)OC(COCCCCCCCC/C=C\CCCCCCCC)COP(=O)(O)OCC(N)C(=O)O. The van der Waals surface area contributed by atoms with Gasteiger partial charge in [-0.1, -0.05) is 134 Å². The molecule has 4 N–H and O–H groups in total. The minimum atomic E-state index is -4.62. The van der Waals surface area contributed by atoms with E-state index in [1.165, 1.54) is 70.6 Å². The predicted octanol–water partition coefficient (Wildman–Crippen LogP) is 10.5. The van der Waals surface area contributed by atoms with E-state index >= 15 is 0 Å². The van der Waals surface area contributed by atoms with Crippen molar-refractivity contribution in [1.82, 2.24) is 0 Å². The highest BCUT2D eigenvalue weighted by atomic mass is 31.2. The minimum Gasteiger partial charge on any atom is -0.480 e. The highest BCUT2D eigenvalue weighted by molar-refractivity contribution is 7.47. The smallest absolute Gasteiger partial charge is 0.472 e. The second-order valence-corrected chi connectivity index (χ2v) is 14.9. The van der Waals surface area contributed by atoms with Crippen LogP contribution in [0.2, 0.25) is 0 Å². The number of carboxylic acid groups (broad SMARTS) is 1. The molecule has 0 aliphatic rings. The number of ether oxygens (including phenoxy) is 2. The lowest BCUT2D eigenvalue weighted by Crippen LogP contribution is -2.34. The van der Waals surface area contributed by atoms with Gasteiger partial charge in [0, 0.05) is 13.0 Å². The molecule has 0 saturated carbocycles. The molecule has 11 heteroatoms. The highest BCUT2D eigenvalue weighted by Gasteiger charge is 2.27. The summed E-state index contributed by atoms with van der Waals surface area (Å²) in [5.41, 5.74) is 5.34. The quantitative estimate of drug-likeness (QED) is 0.0241.